The van der Waals surface area contributed by atoms with Gasteiger partial charge in [-0.25, -0.2) is 4.98 Å². The normalized spacial score (nSPS) is 29.4. The van der Waals surface area contributed by atoms with Crippen LogP contribution in [-0.4, -0.2) is 29.0 Å². The first kappa shape index (κ1) is 15.5. The highest BCUT2D eigenvalue weighted by molar-refractivity contribution is 7.18. The minimum atomic E-state index is 0.517. The van der Waals surface area contributed by atoms with Crippen LogP contribution in [0.2, 0.25) is 0 Å². The molecule has 2 nitrogen and oxygen atoms in total. The number of thiazole rings is 1. The van der Waals surface area contributed by atoms with Crippen LogP contribution in [0.4, 0.5) is 0 Å². The summed E-state index contributed by atoms with van der Waals surface area (Å²) in [5.74, 6) is 1.11. The van der Waals surface area contributed by atoms with E-state index in [1.165, 1.54) is 40.1 Å². The van der Waals surface area contributed by atoms with Crippen LogP contribution < -0.4 is 0 Å². The average molecular weight is 349 g/mol. The van der Waals surface area contributed by atoms with Crippen molar-refractivity contribution in [1.29, 1.82) is 0 Å². The van der Waals surface area contributed by atoms with Crippen molar-refractivity contribution in [2.75, 3.05) is 7.05 Å². The molecule has 4 atom stereocenters. The minimum Gasteiger partial charge on any atom is -0.300 e. The van der Waals surface area contributed by atoms with Gasteiger partial charge in [-0.2, -0.15) is 0 Å². The van der Waals surface area contributed by atoms with E-state index in [-0.39, 0.29) is 0 Å². The first-order chi connectivity index (χ1) is 12.2. The van der Waals surface area contributed by atoms with Crippen molar-refractivity contribution < 1.29 is 0 Å². The van der Waals surface area contributed by atoms with Crippen molar-refractivity contribution in [3.8, 4) is 0 Å². The number of rotatable bonds is 2. The zero-order valence-electron chi connectivity index (χ0n) is 14.9. The van der Waals surface area contributed by atoms with Gasteiger partial charge in [0.2, 0.25) is 0 Å². The summed E-state index contributed by atoms with van der Waals surface area (Å²) in [6.45, 7) is 2.17. The average Bonchev–Trinajstić information content (AvgIpc) is 3.14. The summed E-state index contributed by atoms with van der Waals surface area (Å²) in [7, 11) is 2.33. The van der Waals surface area contributed by atoms with Gasteiger partial charge < -0.3 is 0 Å². The fraction of sp³-hybridized carbons (Fsp3) is 0.409. The second kappa shape index (κ2) is 5.93. The maximum atomic E-state index is 5.07. The summed E-state index contributed by atoms with van der Waals surface area (Å²) in [5, 5.41) is 1.34. The largest absolute Gasteiger partial charge is 0.300 e. The van der Waals surface area contributed by atoms with Crippen LogP contribution in [0.5, 0.6) is 0 Å². The third kappa shape index (κ3) is 2.52. The Hall–Kier alpha value is -1.71. The lowest BCUT2D eigenvalue weighted by molar-refractivity contribution is 0.137. The molecule has 2 bridgehead atoms. The molecule has 2 aliphatic rings. The molecule has 0 radical (unpaired) electrons. The lowest BCUT2D eigenvalue weighted by Crippen LogP contribution is -2.44. The topological polar surface area (TPSA) is 16.1 Å². The number of benzene rings is 2. The third-order valence-electron chi connectivity index (χ3n) is 6.37. The summed E-state index contributed by atoms with van der Waals surface area (Å²) in [6, 6.07) is 19.2. The van der Waals surface area contributed by atoms with Crippen LogP contribution in [0, 0.1) is 6.92 Å². The van der Waals surface area contributed by atoms with Crippen molar-refractivity contribution in [3.05, 3.63) is 64.7 Å². The fourth-order valence-electron chi connectivity index (χ4n) is 4.99. The molecule has 2 aromatic carbocycles. The molecule has 0 spiro atoms. The Morgan fingerprint density at radius 1 is 1.04 bits per heavy atom. The minimum absolute atomic E-state index is 0.517. The molecule has 2 fully saturated rings. The lowest BCUT2D eigenvalue weighted by Gasteiger charge is -2.42. The first-order valence-electron chi connectivity index (χ1n) is 9.34. The molecule has 3 heteroatoms. The summed E-state index contributed by atoms with van der Waals surface area (Å²) in [6.07, 6.45) is 3.91. The van der Waals surface area contributed by atoms with Crippen molar-refractivity contribution in [2.45, 2.75) is 50.1 Å². The van der Waals surface area contributed by atoms with Gasteiger partial charge in [-0.1, -0.05) is 42.0 Å². The Balaban J connectivity index is 1.62. The van der Waals surface area contributed by atoms with Crippen molar-refractivity contribution in [2.24, 2.45) is 0 Å². The molecular weight excluding hydrogens is 324 g/mol. The Labute approximate surface area is 153 Å². The third-order valence-corrected chi connectivity index (χ3v) is 7.51. The smallest absolute Gasteiger partial charge is 0.0991 e. The number of aryl methyl sites for hydroxylation is 1. The second-order valence-electron chi connectivity index (χ2n) is 7.76. The predicted octanol–water partition coefficient (Wildman–Crippen LogP) is 5.34. The highest BCUT2D eigenvalue weighted by atomic mass is 32.1. The maximum absolute atomic E-state index is 5.07. The molecule has 2 aliphatic heterocycles. The van der Waals surface area contributed by atoms with Gasteiger partial charge in [0.25, 0.3) is 0 Å². The van der Waals surface area contributed by atoms with Crippen molar-refractivity contribution in [3.63, 3.8) is 0 Å². The van der Waals surface area contributed by atoms with E-state index in [4.69, 9.17) is 4.98 Å². The number of likely N-dealkylation sites (N-methyl/N-ethyl adjacent to an activating group) is 1. The molecule has 1 aromatic heterocycles. The van der Waals surface area contributed by atoms with Gasteiger partial charge in [0.1, 0.15) is 0 Å². The van der Waals surface area contributed by atoms with Crippen LogP contribution in [0.3, 0.4) is 0 Å². The number of hydrogen-bond donors (Lipinski definition) is 0. The standard InChI is InChI=1S/C22H24N2S/c1-14-7-9-15(10-8-14)17-13-16-11-12-19(24(16)2)21(17)22-23-18-5-3-4-6-20(18)25-22/h3-10,16-17,19,21H,11-13H2,1-2H3. The molecule has 3 aromatic rings. The van der Waals surface area contributed by atoms with Gasteiger partial charge in [-0.15, -0.1) is 11.3 Å². The van der Waals surface area contributed by atoms with Crippen LogP contribution in [0.15, 0.2) is 48.5 Å². The van der Waals surface area contributed by atoms with E-state index >= 15 is 0 Å². The van der Waals surface area contributed by atoms with Crippen LogP contribution >= 0.6 is 11.3 Å². The maximum Gasteiger partial charge on any atom is 0.0991 e. The number of piperidine rings is 1. The van der Waals surface area contributed by atoms with Gasteiger partial charge in [0.15, 0.2) is 0 Å². The highest BCUT2D eigenvalue weighted by Gasteiger charge is 2.47. The van der Waals surface area contributed by atoms with E-state index in [1.54, 1.807) is 0 Å². The summed E-state index contributed by atoms with van der Waals surface area (Å²) in [4.78, 5) is 7.71. The van der Waals surface area contributed by atoms with Crippen LogP contribution in [0.25, 0.3) is 10.2 Å². The SMILES string of the molecule is Cc1ccc(C2CC3CCC(C2c2nc4ccccc4s2)N3C)cc1. The molecule has 0 aliphatic carbocycles. The zero-order valence-corrected chi connectivity index (χ0v) is 15.7. The van der Waals surface area contributed by atoms with E-state index in [1.807, 2.05) is 11.3 Å². The van der Waals surface area contributed by atoms with Crippen LogP contribution in [0.1, 0.15) is 47.2 Å². The molecule has 25 heavy (non-hydrogen) atoms. The van der Waals surface area contributed by atoms with Crippen molar-refractivity contribution in [1.82, 2.24) is 9.88 Å². The van der Waals surface area contributed by atoms with Gasteiger partial charge in [0.05, 0.1) is 15.2 Å². The van der Waals surface area contributed by atoms with Crippen LogP contribution in [-0.2, 0) is 0 Å². The number of hydrogen-bond acceptors (Lipinski definition) is 3. The monoisotopic (exact) mass is 348 g/mol. The van der Waals surface area contributed by atoms with Crippen molar-refractivity contribution >= 4 is 21.6 Å². The number of nitrogens with zero attached hydrogens (tertiary/aromatic N) is 2. The second-order valence-corrected chi connectivity index (χ2v) is 8.82. The summed E-state index contributed by atoms with van der Waals surface area (Å²) >= 11 is 1.91. The quantitative estimate of drug-likeness (QED) is 0.621. The van der Waals surface area contributed by atoms with E-state index in [0.29, 0.717) is 17.9 Å². The summed E-state index contributed by atoms with van der Waals surface area (Å²) in [5.41, 5.74) is 4.00. The lowest BCUT2D eigenvalue weighted by atomic mass is 9.76. The van der Waals surface area contributed by atoms with E-state index in [9.17, 15) is 0 Å². The molecule has 4 unspecified atom stereocenters. The van der Waals surface area contributed by atoms with E-state index < -0.39 is 0 Å². The Kier molecular flexibility index (Phi) is 3.68. The van der Waals surface area contributed by atoms with Gasteiger partial charge in [-0.3, -0.25) is 4.90 Å². The van der Waals surface area contributed by atoms with E-state index in [0.717, 1.165) is 11.6 Å². The molecular formula is C22H24N2S. The molecule has 3 heterocycles. The molecule has 2 saturated heterocycles. The number of fused-ring (bicyclic) bond motifs is 3. The Bertz CT molecular complexity index is 865. The van der Waals surface area contributed by atoms with Gasteiger partial charge in [-0.05, 0) is 56.8 Å². The predicted molar refractivity (Wildman–Crippen MR) is 105 cm³/mol. The molecule has 0 saturated carbocycles. The van der Waals surface area contributed by atoms with Gasteiger partial charge >= 0.3 is 0 Å². The van der Waals surface area contributed by atoms with E-state index in [2.05, 4.69) is 67.4 Å². The summed E-state index contributed by atoms with van der Waals surface area (Å²) < 4.78 is 1.32. The Morgan fingerprint density at radius 2 is 1.84 bits per heavy atom. The molecule has 0 N–H and O–H groups in total. The zero-order chi connectivity index (χ0) is 17.0. The van der Waals surface area contributed by atoms with Gasteiger partial charge in [0, 0.05) is 18.0 Å². The molecule has 0 amide bonds. The molecule has 5 rings (SSSR count). The first-order valence-corrected chi connectivity index (χ1v) is 10.2. The molecule has 128 valence electrons. The Morgan fingerprint density at radius 3 is 2.64 bits per heavy atom. The number of aromatic nitrogens is 1. The highest BCUT2D eigenvalue weighted by Crippen LogP contribution is 2.51. The fourth-order valence-corrected chi connectivity index (χ4v) is 6.18. The number of para-hydroxylation sites is 1.